The minimum atomic E-state index is -0.414. The van der Waals surface area contributed by atoms with Gasteiger partial charge in [0.05, 0.1) is 0 Å². The van der Waals surface area contributed by atoms with Crippen LogP contribution < -0.4 is 0 Å². The summed E-state index contributed by atoms with van der Waals surface area (Å²) < 4.78 is 5.41. The quantitative estimate of drug-likeness (QED) is 0.604. The average molecular weight is 174 g/mol. The molecule has 0 N–H and O–H groups in total. The fourth-order valence-corrected chi connectivity index (χ4v) is 1.89. The molecular formula is C8H14O2S. The second-order valence-electron chi connectivity index (χ2n) is 2.88. The minimum absolute atomic E-state index is 0.414. The Labute approximate surface area is 71.7 Å². The van der Waals surface area contributed by atoms with E-state index in [0.29, 0.717) is 0 Å². The van der Waals surface area contributed by atoms with Crippen LogP contribution in [0.2, 0.25) is 0 Å². The Morgan fingerprint density at radius 3 is 3.00 bits per heavy atom. The fourth-order valence-electron chi connectivity index (χ4n) is 1.34. The molecule has 1 fully saturated rings. The summed E-state index contributed by atoms with van der Waals surface area (Å²) in [5, 5.41) is 0. The van der Waals surface area contributed by atoms with Crippen LogP contribution >= 0.6 is 11.8 Å². The van der Waals surface area contributed by atoms with Crippen LogP contribution in [0.3, 0.4) is 0 Å². The SMILES string of the molecule is CSCCC1(C=O)CCCO1. The summed E-state index contributed by atoms with van der Waals surface area (Å²) >= 11 is 1.76. The standard InChI is InChI=1S/C8H14O2S/c1-11-6-4-8(7-9)3-2-5-10-8/h7H,2-6H2,1H3. The highest BCUT2D eigenvalue weighted by atomic mass is 32.2. The third-order valence-electron chi connectivity index (χ3n) is 2.08. The molecule has 0 amide bonds. The normalized spacial score (nSPS) is 30.6. The van der Waals surface area contributed by atoms with E-state index >= 15 is 0 Å². The number of hydrogen-bond donors (Lipinski definition) is 0. The Kier molecular flexibility index (Phi) is 3.40. The van der Waals surface area contributed by atoms with Crippen molar-refractivity contribution in [2.75, 3.05) is 18.6 Å². The van der Waals surface area contributed by atoms with Crippen molar-refractivity contribution in [1.82, 2.24) is 0 Å². The lowest BCUT2D eigenvalue weighted by Crippen LogP contribution is -2.30. The van der Waals surface area contributed by atoms with E-state index in [1.165, 1.54) is 0 Å². The summed E-state index contributed by atoms with van der Waals surface area (Å²) in [7, 11) is 0. The summed E-state index contributed by atoms with van der Waals surface area (Å²) in [4.78, 5) is 10.7. The van der Waals surface area contributed by atoms with Crippen molar-refractivity contribution >= 4 is 18.0 Å². The maximum atomic E-state index is 10.7. The third-order valence-corrected chi connectivity index (χ3v) is 2.69. The molecule has 0 aliphatic carbocycles. The van der Waals surface area contributed by atoms with Crippen LogP contribution in [0.4, 0.5) is 0 Å². The van der Waals surface area contributed by atoms with E-state index in [1.54, 1.807) is 11.8 Å². The van der Waals surface area contributed by atoms with Gasteiger partial charge in [0.1, 0.15) is 5.60 Å². The minimum Gasteiger partial charge on any atom is -0.367 e. The molecule has 3 heteroatoms. The Balaban J connectivity index is 2.39. The third kappa shape index (κ3) is 2.20. The van der Waals surface area contributed by atoms with Crippen molar-refractivity contribution in [2.24, 2.45) is 0 Å². The monoisotopic (exact) mass is 174 g/mol. The lowest BCUT2D eigenvalue weighted by Gasteiger charge is -2.20. The molecular weight excluding hydrogens is 160 g/mol. The van der Waals surface area contributed by atoms with E-state index in [4.69, 9.17) is 4.74 Å². The van der Waals surface area contributed by atoms with Crippen molar-refractivity contribution in [2.45, 2.75) is 24.9 Å². The van der Waals surface area contributed by atoms with Crippen molar-refractivity contribution in [1.29, 1.82) is 0 Å². The molecule has 1 rings (SSSR count). The molecule has 0 bridgehead atoms. The van der Waals surface area contributed by atoms with Crippen LogP contribution in [0.1, 0.15) is 19.3 Å². The van der Waals surface area contributed by atoms with Gasteiger partial charge >= 0.3 is 0 Å². The second kappa shape index (κ2) is 4.12. The zero-order chi connectivity index (χ0) is 8.16. The first-order valence-corrected chi connectivity index (χ1v) is 5.32. The molecule has 0 aromatic carbocycles. The van der Waals surface area contributed by atoms with Gasteiger partial charge in [-0.1, -0.05) is 0 Å². The number of carbonyl (C=O) groups excluding carboxylic acids is 1. The second-order valence-corrected chi connectivity index (χ2v) is 3.86. The van der Waals surface area contributed by atoms with E-state index in [-0.39, 0.29) is 0 Å². The smallest absolute Gasteiger partial charge is 0.151 e. The van der Waals surface area contributed by atoms with E-state index in [0.717, 1.165) is 37.9 Å². The summed E-state index contributed by atoms with van der Waals surface area (Å²) in [6, 6.07) is 0. The maximum absolute atomic E-state index is 10.7. The van der Waals surface area contributed by atoms with Crippen molar-refractivity contribution in [3.05, 3.63) is 0 Å². The number of aldehydes is 1. The van der Waals surface area contributed by atoms with E-state index in [9.17, 15) is 4.79 Å². The topological polar surface area (TPSA) is 26.3 Å². The highest BCUT2D eigenvalue weighted by Crippen LogP contribution is 2.27. The zero-order valence-electron chi connectivity index (χ0n) is 6.84. The first kappa shape index (κ1) is 9.07. The maximum Gasteiger partial charge on any atom is 0.151 e. The molecule has 1 heterocycles. The van der Waals surface area contributed by atoms with E-state index in [2.05, 4.69) is 0 Å². The van der Waals surface area contributed by atoms with Crippen LogP contribution in [0.25, 0.3) is 0 Å². The highest BCUT2D eigenvalue weighted by molar-refractivity contribution is 7.98. The molecule has 1 aliphatic heterocycles. The number of ether oxygens (including phenoxy) is 1. The van der Waals surface area contributed by atoms with Gasteiger partial charge in [-0.25, -0.2) is 0 Å². The predicted molar refractivity (Wildman–Crippen MR) is 47.0 cm³/mol. The number of rotatable bonds is 4. The summed E-state index contributed by atoms with van der Waals surface area (Å²) in [5.74, 6) is 1.01. The van der Waals surface area contributed by atoms with Gasteiger partial charge in [0.25, 0.3) is 0 Å². The molecule has 1 atom stereocenters. The highest BCUT2D eigenvalue weighted by Gasteiger charge is 2.33. The van der Waals surface area contributed by atoms with Gasteiger partial charge in [-0.05, 0) is 31.3 Å². The first-order valence-electron chi connectivity index (χ1n) is 3.92. The van der Waals surface area contributed by atoms with Gasteiger partial charge in [0.2, 0.25) is 0 Å². The van der Waals surface area contributed by atoms with Crippen molar-refractivity contribution in [3.63, 3.8) is 0 Å². The fraction of sp³-hybridized carbons (Fsp3) is 0.875. The molecule has 0 spiro atoms. The Bertz CT molecular complexity index is 130. The van der Waals surface area contributed by atoms with Crippen LogP contribution in [-0.4, -0.2) is 30.5 Å². The number of hydrogen-bond acceptors (Lipinski definition) is 3. The largest absolute Gasteiger partial charge is 0.367 e. The first-order chi connectivity index (χ1) is 5.33. The van der Waals surface area contributed by atoms with Gasteiger partial charge in [-0.3, -0.25) is 0 Å². The Morgan fingerprint density at radius 1 is 1.73 bits per heavy atom. The molecule has 64 valence electrons. The Morgan fingerprint density at radius 2 is 2.55 bits per heavy atom. The molecule has 0 radical (unpaired) electrons. The number of carbonyl (C=O) groups is 1. The zero-order valence-corrected chi connectivity index (χ0v) is 7.65. The molecule has 2 nitrogen and oxygen atoms in total. The van der Waals surface area contributed by atoms with Crippen LogP contribution in [0.5, 0.6) is 0 Å². The van der Waals surface area contributed by atoms with E-state index in [1.807, 2.05) is 6.26 Å². The predicted octanol–water partition coefficient (Wildman–Crippen LogP) is 1.49. The van der Waals surface area contributed by atoms with Crippen LogP contribution in [-0.2, 0) is 9.53 Å². The van der Waals surface area contributed by atoms with E-state index < -0.39 is 5.60 Å². The Hall–Kier alpha value is -0.0200. The van der Waals surface area contributed by atoms with Gasteiger partial charge in [0, 0.05) is 6.61 Å². The molecule has 1 unspecified atom stereocenters. The molecule has 0 saturated carbocycles. The van der Waals surface area contributed by atoms with Gasteiger partial charge < -0.3 is 9.53 Å². The summed E-state index contributed by atoms with van der Waals surface area (Å²) in [6.07, 6.45) is 5.85. The van der Waals surface area contributed by atoms with Crippen molar-refractivity contribution in [3.8, 4) is 0 Å². The lowest BCUT2D eigenvalue weighted by molar-refractivity contribution is -0.125. The lowest BCUT2D eigenvalue weighted by atomic mass is 9.99. The molecule has 0 aromatic heterocycles. The molecule has 0 aromatic rings. The van der Waals surface area contributed by atoms with Gasteiger partial charge in [0.15, 0.2) is 6.29 Å². The van der Waals surface area contributed by atoms with Crippen LogP contribution in [0.15, 0.2) is 0 Å². The molecule has 1 saturated heterocycles. The van der Waals surface area contributed by atoms with Crippen molar-refractivity contribution < 1.29 is 9.53 Å². The number of thioether (sulfide) groups is 1. The van der Waals surface area contributed by atoms with Crippen LogP contribution in [0, 0.1) is 0 Å². The van der Waals surface area contributed by atoms with Gasteiger partial charge in [-0.15, -0.1) is 0 Å². The average Bonchev–Trinajstić information content (AvgIpc) is 2.50. The molecule has 11 heavy (non-hydrogen) atoms. The van der Waals surface area contributed by atoms with Gasteiger partial charge in [-0.2, -0.15) is 11.8 Å². The summed E-state index contributed by atoms with van der Waals surface area (Å²) in [6.45, 7) is 0.757. The molecule has 1 aliphatic rings. The summed E-state index contributed by atoms with van der Waals surface area (Å²) in [5.41, 5.74) is -0.414.